The highest BCUT2D eigenvalue weighted by molar-refractivity contribution is 7.80. The number of phenols is 1. The maximum atomic E-state index is 9.39. The monoisotopic (exact) mass is 333 g/mol. The van der Waals surface area contributed by atoms with Gasteiger partial charge in [-0.15, -0.1) is 0 Å². The van der Waals surface area contributed by atoms with E-state index in [1.54, 1.807) is 12.1 Å². The van der Waals surface area contributed by atoms with Crippen molar-refractivity contribution in [2.24, 2.45) is 5.92 Å². The first kappa shape index (κ1) is 16.4. The molecule has 3 rings (SSSR count). The van der Waals surface area contributed by atoms with Crippen LogP contribution < -0.4 is 10.2 Å². The molecule has 23 heavy (non-hydrogen) atoms. The second-order valence-corrected chi connectivity index (χ2v) is 7.19. The molecule has 1 aliphatic heterocycles. The molecule has 1 aromatic carbocycles. The van der Waals surface area contributed by atoms with E-state index in [-0.39, 0.29) is 0 Å². The average Bonchev–Trinajstić information content (AvgIpc) is 2.58. The first-order valence-electron chi connectivity index (χ1n) is 8.73. The van der Waals surface area contributed by atoms with Crippen molar-refractivity contribution in [2.75, 3.05) is 31.1 Å². The molecule has 126 valence electrons. The number of nitrogens with one attached hydrogen (secondary N) is 1. The summed E-state index contributed by atoms with van der Waals surface area (Å²) in [6.45, 7) is 6.17. The molecule has 1 aliphatic carbocycles. The lowest BCUT2D eigenvalue weighted by atomic mass is 9.86. The molecule has 0 aromatic heterocycles. The first-order chi connectivity index (χ1) is 11.1. The molecule has 1 aromatic rings. The van der Waals surface area contributed by atoms with Crippen molar-refractivity contribution in [1.29, 1.82) is 0 Å². The Balaban J connectivity index is 1.50. The first-order valence-corrected chi connectivity index (χ1v) is 9.14. The molecule has 2 atom stereocenters. The molecule has 0 spiro atoms. The van der Waals surface area contributed by atoms with Crippen LogP contribution in [0, 0.1) is 5.92 Å². The molecule has 1 saturated heterocycles. The predicted molar refractivity (Wildman–Crippen MR) is 99.0 cm³/mol. The second-order valence-electron chi connectivity index (χ2n) is 6.81. The van der Waals surface area contributed by atoms with Gasteiger partial charge in [0.1, 0.15) is 5.75 Å². The third-order valence-corrected chi connectivity index (χ3v) is 5.58. The smallest absolute Gasteiger partial charge is 0.169 e. The summed E-state index contributed by atoms with van der Waals surface area (Å²) in [6, 6.07) is 8.00. The normalized spacial score (nSPS) is 25.3. The molecule has 1 heterocycles. The van der Waals surface area contributed by atoms with Crippen molar-refractivity contribution >= 4 is 23.0 Å². The summed E-state index contributed by atoms with van der Waals surface area (Å²) < 4.78 is 0. The summed E-state index contributed by atoms with van der Waals surface area (Å²) in [5, 5.41) is 13.9. The van der Waals surface area contributed by atoms with Crippen LogP contribution in [-0.4, -0.2) is 47.3 Å². The largest absolute Gasteiger partial charge is 0.508 e. The van der Waals surface area contributed by atoms with E-state index in [1.807, 2.05) is 12.1 Å². The summed E-state index contributed by atoms with van der Waals surface area (Å²) in [5.74, 6) is 1.04. The average molecular weight is 334 g/mol. The summed E-state index contributed by atoms with van der Waals surface area (Å²) in [5.41, 5.74) is 1.17. The topological polar surface area (TPSA) is 38.7 Å². The molecule has 0 radical (unpaired) electrons. The lowest BCUT2D eigenvalue weighted by Gasteiger charge is -2.39. The molecule has 0 amide bonds. The lowest BCUT2D eigenvalue weighted by Crippen LogP contribution is -2.54. The van der Waals surface area contributed by atoms with Gasteiger partial charge >= 0.3 is 0 Å². The molecular formula is C18H27N3OS. The molecule has 2 aliphatic rings. The van der Waals surface area contributed by atoms with Crippen LogP contribution in [0.4, 0.5) is 5.69 Å². The SMILES string of the molecule is C[C@H]1CCCC[C@H]1NC(=S)N1CCN(c2ccc(O)cc2)CC1. The molecular weight excluding hydrogens is 306 g/mol. The van der Waals surface area contributed by atoms with Crippen molar-refractivity contribution in [2.45, 2.75) is 38.6 Å². The number of rotatable bonds is 2. The van der Waals surface area contributed by atoms with Gasteiger partial charge in [0.15, 0.2) is 5.11 Å². The molecule has 0 unspecified atom stereocenters. The van der Waals surface area contributed by atoms with E-state index in [4.69, 9.17) is 12.2 Å². The highest BCUT2D eigenvalue weighted by atomic mass is 32.1. The van der Waals surface area contributed by atoms with Crippen LogP contribution in [-0.2, 0) is 0 Å². The Bertz CT molecular complexity index is 526. The number of anilines is 1. The number of phenolic OH excluding ortho intramolecular Hbond substituents is 1. The van der Waals surface area contributed by atoms with Crippen LogP contribution in [0.5, 0.6) is 5.75 Å². The van der Waals surface area contributed by atoms with Gasteiger partial charge in [0.05, 0.1) is 0 Å². The Morgan fingerprint density at radius 1 is 1.09 bits per heavy atom. The fourth-order valence-electron chi connectivity index (χ4n) is 3.61. The fraction of sp³-hybridized carbons (Fsp3) is 0.611. The highest BCUT2D eigenvalue weighted by Gasteiger charge is 2.25. The van der Waals surface area contributed by atoms with Crippen LogP contribution >= 0.6 is 12.2 Å². The maximum absolute atomic E-state index is 9.39. The lowest BCUT2D eigenvalue weighted by molar-refractivity contribution is 0.293. The minimum absolute atomic E-state index is 0.319. The van der Waals surface area contributed by atoms with Gasteiger partial charge in [-0.2, -0.15) is 0 Å². The number of thiocarbonyl (C=S) groups is 1. The van der Waals surface area contributed by atoms with Gasteiger partial charge in [0.2, 0.25) is 0 Å². The number of benzene rings is 1. The Morgan fingerprint density at radius 3 is 2.39 bits per heavy atom. The Morgan fingerprint density at radius 2 is 1.74 bits per heavy atom. The third-order valence-electron chi connectivity index (χ3n) is 5.20. The van der Waals surface area contributed by atoms with E-state index in [0.29, 0.717) is 11.8 Å². The molecule has 4 nitrogen and oxygen atoms in total. The molecule has 0 bridgehead atoms. The van der Waals surface area contributed by atoms with Gasteiger partial charge in [0.25, 0.3) is 0 Å². The van der Waals surface area contributed by atoms with Crippen LogP contribution in [0.1, 0.15) is 32.6 Å². The fourth-order valence-corrected chi connectivity index (χ4v) is 3.95. The molecule has 1 saturated carbocycles. The van der Waals surface area contributed by atoms with E-state index < -0.39 is 0 Å². The van der Waals surface area contributed by atoms with Crippen LogP contribution in [0.2, 0.25) is 0 Å². The molecule has 2 N–H and O–H groups in total. The number of piperazine rings is 1. The number of aromatic hydroxyl groups is 1. The van der Waals surface area contributed by atoms with Gasteiger partial charge in [-0.05, 0) is 55.2 Å². The van der Waals surface area contributed by atoms with Gasteiger partial charge in [-0.25, -0.2) is 0 Å². The van der Waals surface area contributed by atoms with Crippen molar-refractivity contribution in [3.63, 3.8) is 0 Å². The second kappa shape index (κ2) is 7.39. The van der Waals surface area contributed by atoms with Crippen LogP contribution in [0.15, 0.2) is 24.3 Å². The Hall–Kier alpha value is -1.49. The van der Waals surface area contributed by atoms with Crippen molar-refractivity contribution < 1.29 is 5.11 Å². The van der Waals surface area contributed by atoms with Crippen LogP contribution in [0.3, 0.4) is 0 Å². The predicted octanol–water partition coefficient (Wildman–Crippen LogP) is 2.97. The molecule has 2 fully saturated rings. The summed E-state index contributed by atoms with van der Waals surface area (Å²) in [7, 11) is 0. The molecule has 5 heteroatoms. The summed E-state index contributed by atoms with van der Waals surface area (Å²) in [4.78, 5) is 4.65. The Labute approximate surface area is 144 Å². The van der Waals surface area contributed by atoms with Gasteiger partial charge in [-0.3, -0.25) is 0 Å². The van der Waals surface area contributed by atoms with Crippen LogP contribution in [0.25, 0.3) is 0 Å². The van der Waals surface area contributed by atoms with E-state index >= 15 is 0 Å². The quantitative estimate of drug-likeness (QED) is 0.814. The van der Waals surface area contributed by atoms with Crippen molar-refractivity contribution in [3.05, 3.63) is 24.3 Å². The minimum atomic E-state index is 0.319. The third kappa shape index (κ3) is 4.08. The van der Waals surface area contributed by atoms with Gasteiger partial charge < -0.3 is 20.2 Å². The van der Waals surface area contributed by atoms with Gasteiger partial charge in [0, 0.05) is 37.9 Å². The van der Waals surface area contributed by atoms with E-state index in [0.717, 1.165) is 37.2 Å². The van der Waals surface area contributed by atoms with E-state index in [1.165, 1.54) is 31.4 Å². The zero-order chi connectivity index (χ0) is 16.2. The number of nitrogens with zero attached hydrogens (tertiary/aromatic N) is 2. The minimum Gasteiger partial charge on any atom is -0.508 e. The van der Waals surface area contributed by atoms with Crippen molar-refractivity contribution in [1.82, 2.24) is 10.2 Å². The summed E-state index contributed by atoms with van der Waals surface area (Å²) >= 11 is 5.64. The standard InChI is InChI=1S/C18H27N3OS/c1-14-4-2-3-5-17(14)19-18(23)21-12-10-20(11-13-21)15-6-8-16(22)9-7-15/h6-9,14,17,22H,2-5,10-13H2,1H3,(H,19,23)/t14-,17+/m0/s1. The van der Waals surface area contributed by atoms with E-state index in [2.05, 4.69) is 22.0 Å². The van der Waals surface area contributed by atoms with Gasteiger partial charge in [-0.1, -0.05) is 19.8 Å². The number of hydrogen-bond acceptors (Lipinski definition) is 3. The maximum Gasteiger partial charge on any atom is 0.169 e. The number of hydrogen-bond donors (Lipinski definition) is 2. The Kier molecular flexibility index (Phi) is 5.26. The zero-order valence-corrected chi connectivity index (χ0v) is 14.7. The van der Waals surface area contributed by atoms with E-state index in [9.17, 15) is 5.11 Å². The zero-order valence-electron chi connectivity index (χ0n) is 13.9. The summed E-state index contributed by atoms with van der Waals surface area (Å²) in [6.07, 6.45) is 5.24. The highest BCUT2D eigenvalue weighted by Crippen LogP contribution is 2.24. The van der Waals surface area contributed by atoms with Crippen molar-refractivity contribution in [3.8, 4) is 5.75 Å².